The van der Waals surface area contributed by atoms with E-state index >= 15 is 0 Å². The fourth-order valence-electron chi connectivity index (χ4n) is 4.05. The molecule has 9 nitrogen and oxygen atoms in total. The molecule has 4 heterocycles. The Labute approximate surface area is 204 Å². The van der Waals surface area contributed by atoms with Gasteiger partial charge in [-0.3, -0.25) is 4.79 Å². The Kier molecular flexibility index (Phi) is 7.03. The van der Waals surface area contributed by atoms with Crippen molar-refractivity contribution in [2.75, 3.05) is 31.1 Å². The molecule has 4 rings (SSSR count). The van der Waals surface area contributed by atoms with Crippen LogP contribution in [0.5, 0.6) is 5.75 Å². The predicted molar refractivity (Wildman–Crippen MR) is 133 cm³/mol. The van der Waals surface area contributed by atoms with Crippen molar-refractivity contribution in [3.8, 4) is 22.9 Å². The number of hydrogen-bond acceptors (Lipinski definition) is 7. The quantitative estimate of drug-likeness (QED) is 0.525. The van der Waals surface area contributed by atoms with Gasteiger partial charge in [0.05, 0.1) is 35.5 Å². The number of aromatic nitrogens is 3. The van der Waals surface area contributed by atoms with Crippen molar-refractivity contribution in [3.05, 3.63) is 55.0 Å². The molecule has 35 heavy (non-hydrogen) atoms. The van der Waals surface area contributed by atoms with Crippen molar-refractivity contribution in [1.82, 2.24) is 19.5 Å². The lowest BCUT2D eigenvalue weighted by Crippen LogP contribution is -2.50. The van der Waals surface area contributed by atoms with Crippen LogP contribution in [0.2, 0.25) is 0 Å². The van der Waals surface area contributed by atoms with E-state index in [1.807, 2.05) is 30.0 Å². The van der Waals surface area contributed by atoms with E-state index in [0.717, 1.165) is 16.9 Å². The number of aliphatic hydroxyl groups is 1. The first-order chi connectivity index (χ1) is 16.8. The molecule has 3 atom stereocenters. The van der Waals surface area contributed by atoms with Crippen molar-refractivity contribution in [3.63, 3.8) is 0 Å². The number of aliphatic hydroxyl groups excluding tert-OH is 1. The van der Waals surface area contributed by atoms with Crippen LogP contribution in [0.1, 0.15) is 26.3 Å². The molecule has 1 saturated heterocycles. The Bertz CT molecular complexity index is 1250. The number of anilines is 1. The molecular formula is C26H30N6O3. The van der Waals surface area contributed by atoms with Crippen molar-refractivity contribution in [1.29, 1.82) is 5.26 Å². The second-order valence-electron chi connectivity index (χ2n) is 8.86. The molecule has 1 aliphatic heterocycles. The van der Waals surface area contributed by atoms with Gasteiger partial charge in [0.2, 0.25) is 5.91 Å². The Morgan fingerprint density at radius 2 is 1.97 bits per heavy atom. The maximum atomic E-state index is 12.4. The normalized spacial score (nSPS) is 16.4. The molecule has 1 fully saturated rings. The summed E-state index contributed by atoms with van der Waals surface area (Å²) in [6.07, 6.45) is 5.63. The number of pyridine rings is 2. The number of carbonyl (C=O) groups excluding carboxylic acids is 1. The monoisotopic (exact) mass is 474 g/mol. The summed E-state index contributed by atoms with van der Waals surface area (Å²) >= 11 is 0. The Balaban J connectivity index is 1.58. The number of rotatable bonds is 7. The van der Waals surface area contributed by atoms with Gasteiger partial charge >= 0.3 is 0 Å². The van der Waals surface area contributed by atoms with Crippen LogP contribution in [-0.4, -0.2) is 68.9 Å². The lowest BCUT2D eigenvalue weighted by molar-refractivity contribution is -0.133. The standard InChI is InChI=1S/C26H30N6O3/c1-5-17(2)26(34)31-10-8-30(9-11-31)24-7-6-20(14-28-24)23-12-22(35-19(4)18(3)33)16-32-25(23)21(13-27)15-29-32/h5-7,12,14-19,33H,1,8-11H2,2-4H3/t17?,18-,19-/m1/s1. The molecule has 9 heteroatoms. The summed E-state index contributed by atoms with van der Waals surface area (Å²) in [6.45, 7) is 11.7. The van der Waals surface area contributed by atoms with Crippen LogP contribution in [0, 0.1) is 17.2 Å². The minimum atomic E-state index is -0.641. The highest BCUT2D eigenvalue weighted by Crippen LogP contribution is 2.32. The second kappa shape index (κ2) is 10.2. The zero-order valence-electron chi connectivity index (χ0n) is 20.3. The maximum absolute atomic E-state index is 12.4. The number of piperazine rings is 1. The van der Waals surface area contributed by atoms with Crippen molar-refractivity contribution in [2.24, 2.45) is 5.92 Å². The number of nitriles is 1. The van der Waals surface area contributed by atoms with Crippen LogP contribution in [0.4, 0.5) is 5.82 Å². The van der Waals surface area contributed by atoms with Gasteiger partial charge in [-0.05, 0) is 32.0 Å². The predicted octanol–water partition coefficient (Wildman–Crippen LogP) is 2.89. The summed E-state index contributed by atoms with van der Waals surface area (Å²) in [4.78, 5) is 21.1. The molecule has 3 aromatic rings. The molecule has 1 N–H and O–H groups in total. The molecule has 1 aliphatic rings. The van der Waals surface area contributed by atoms with Crippen LogP contribution >= 0.6 is 0 Å². The molecule has 0 aromatic carbocycles. The summed E-state index contributed by atoms with van der Waals surface area (Å²) < 4.78 is 7.52. The summed E-state index contributed by atoms with van der Waals surface area (Å²) in [5.41, 5.74) is 2.71. The van der Waals surface area contributed by atoms with E-state index in [2.05, 4.69) is 27.6 Å². The third kappa shape index (κ3) is 4.98. The smallest absolute Gasteiger partial charge is 0.229 e. The third-order valence-corrected chi connectivity index (χ3v) is 6.43. The zero-order valence-corrected chi connectivity index (χ0v) is 20.3. The SMILES string of the molecule is C=CC(C)C(=O)N1CCN(c2ccc(-c3cc(O[C@H](C)[C@@H](C)O)cn4ncc(C#N)c34)cn2)CC1. The Morgan fingerprint density at radius 1 is 1.23 bits per heavy atom. The summed E-state index contributed by atoms with van der Waals surface area (Å²) in [6, 6.07) is 7.95. The number of fused-ring (bicyclic) bond motifs is 1. The largest absolute Gasteiger partial charge is 0.486 e. The minimum absolute atomic E-state index is 0.105. The lowest BCUT2D eigenvalue weighted by atomic mass is 10.1. The highest BCUT2D eigenvalue weighted by atomic mass is 16.5. The van der Waals surface area contributed by atoms with Crippen LogP contribution in [0.15, 0.2) is 49.4 Å². The topological polar surface area (TPSA) is 107 Å². The molecule has 0 aliphatic carbocycles. The maximum Gasteiger partial charge on any atom is 0.229 e. The number of ether oxygens (including phenoxy) is 1. The van der Waals surface area contributed by atoms with Gasteiger partial charge in [-0.25, -0.2) is 9.50 Å². The van der Waals surface area contributed by atoms with Gasteiger partial charge in [-0.1, -0.05) is 13.0 Å². The Hall–Kier alpha value is -3.90. The van der Waals surface area contributed by atoms with Gasteiger partial charge in [-0.2, -0.15) is 10.4 Å². The lowest BCUT2D eigenvalue weighted by Gasteiger charge is -2.36. The fraction of sp³-hybridized carbons (Fsp3) is 0.385. The summed E-state index contributed by atoms with van der Waals surface area (Å²) in [5, 5.41) is 23.7. The van der Waals surface area contributed by atoms with Gasteiger partial charge in [-0.15, -0.1) is 6.58 Å². The van der Waals surface area contributed by atoms with E-state index in [-0.39, 0.29) is 11.8 Å². The highest BCUT2D eigenvalue weighted by molar-refractivity contribution is 5.85. The summed E-state index contributed by atoms with van der Waals surface area (Å²) in [7, 11) is 0. The van der Waals surface area contributed by atoms with Gasteiger partial charge in [0.15, 0.2) is 0 Å². The van der Waals surface area contributed by atoms with E-state index in [4.69, 9.17) is 4.74 Å². The van der Waals surface area contributed by atoms with Gasteiger partial charge in [0.25, 0.3) is 0 Å². The molecule has 3 aromatic heterocycles. The van der Waals surface area contributed by atoms with Crippen molar-refractivity contribution >= 4 is 17.2 Å². The average Bonchev–Trinajstić information content (AvgIpc) is 3.30. The fourth-order valence-corrected chi connectivity index (χ4v) is 4.05. The van der Waals surface area contributed by atoms with Crippen LogP contribution in [0.25, 0.3) is 16.6 Å². The summed E-state index contributed by atoms with van der Waals surface area (Å²) in [5.74, 6) is 1.29. The molecule has 0 radical (unpaired) electrons. The van der Waals surface area contributed by atoms with E-state index in [1.54, 1.807) is 36.8 Å². The third-order valence-electron chi connectivity index (χ3n) is 6.43. The van der Waals surface area contributed by atoms with E-state index in [0.29, 0.717) is 43.0 Å². The van der Waals surface area contributed by atoms with E-state index < -0.39 is 12.2 Å². The van der Waals surface area contributed by atoms with E-state index in [1.165, 1.54) is 6.20 Å². The first kappa shape index (κ1) is 24.2. The molecule has 1 amide bonds. The Morgan fingerprint density at radius 3 is 2.57 bits per heavy atom. The highest BCUT2D eigenvalue weighted by Gasteiger charge is 2.24. The second-order valence-corrected chi connectivity index (χ2v) is 8.86. The molecular weight excluding hydrogens is 444 g/mol. The number of carbonyl (C=O) groups is 1. The van der Waals surface area contributed by atoms with E-state index in [9.17, 15) is 15.2 Å². The molecule has 0 spiro atoms. The van der Waals surface area contributed by atoms with Crippen LogP contribution in [-0.2, 0) is 4.79 Å². The molecule has 182 valence electrons. The van der Waals surface area contributed by atoms with Gasteiger partial charge in [0, 0.05) is 43.5 Å². The first-order valence-electron chi connectivity index (χ1n) is 11.7. The average molecular weight is 475 g/mol. The molecule has 0 bridgehead atoms. The zero-order chi connectivity index (χ0) is 25.1. The number of nitrogens with zero attached hydrogens (tertiary/aromatic N) is 6. The molecule has 0 saturated carbocycles. The van der Waals surface area contributed by atoms with Crippen molar-refractivity contribution in [2.45, 2.75) is 33.0 Å². The van der Waals surface area contributed by atoms with Crippen LogP contribution < -0.4 is 9.64 Å². The number of hydrogen-bond donors (Lipinski definition) is 1. The first-order valence-corrected chi connectivity index (χ1v) is 11.7. The molecule has 1 unspecified atom stereocenters. The minimum Gasteiger partial charge on any atom is -0.486 e. The number of amides is 1. The van der Waals surface area contributed by atoms with Gasteiger partial charge in [0.1, 0.15) is 23.7 Å². The van der Waals surface area contributed by atoms with Crippen molar-refractivity contribution < 1.29 is 14.6 Å². The van der Waals surface area contributed by atoms with Gasteiger partial charge < -0.3 is 19.6 Å². The van der Waals surface area contributed by atoms with Crippen LogP contribution in [0.3, 0.4) is 0 Å².